The summed E-state index contributed by atoms with van der Waals surface area (Å²) in [4.78, 5) is 9.10. The maximum absolute atomic E-state index is 4.31. The van der Waals surface area contributed by atoms with Gasteiger partial charge in [0.2, 0.25) is 0 Å². The van der Waals surface area contributed by atoms with Gasteiger partial charge in [-0.2, -0.15) is 0 Å². The van der Waals surface area contributed by atoms with Gasteiger partial charge in [-0.15, -0.1) is 0 Å². The summed E-state index contributed by atoms with van der Waals surface area (Å²) in [5.74, 6) is 0. The molecule has 0 bridgehead atoms. The van der Waals surface area contributed by atoms with Gasteiger partial charge in [0.05, 0.1) is 0 Å². The van der Waals surface area contributed by atoms with Crippen molar-refractivity contribution in [3.05, 3.63) is 95.4 Å². The molecule has 0 saturated carbocycles. The van der Waals surface area contributed by atoms with Crippen molar-refractivity contribution in [1.82, 2.24) is 20.3 Å². The van der Waals surface area contributed by atoms with Crippen molar-refractivity contribution in [2.75, 3.05) is 39.9 Å². The molecule has 0 atom stereocenters. The van der Waals surface area contributed by atoms with E-state index in [4.69, 9.17) is 0 Å². The SMILES string of the molecule is C=Cc1ccccc1/C=C\NC.C=N/C=C/CC.CC/C=N\CNC1=CC(SN2CCNCC2)=CC=CC1. The minimum atomic E-state index is 0.666. The van der Waals surface area contributed by atoms with Crippen LogP contribution in [-0.2, 0) is 0 Å². The molecule has 1 saturated heterocycles. The first kappa shape index (κ1) is 32.9. The molecule has 2 aliphatic rings. The molecule has 38 heavy (non-hydrogen) atoms. The van der Waals surface area contributed by atoms with Crippen LogP contribution in [0.1, 0.15) is 44.2 Å². The number of nitrogens with zero attached hydrogens (tertiary/aromatic N) is 3. The third kappa shape index (κ3) is 15.9. The zero-order valence-corrected chi connectivity index (χ0v) is 24.2. The third-order valence-corrected chi connectivity index (χ3v) is 6.25. The number of hydrogen-bond donors (Lipinski definition) is 3. The average molecular weight is 535 g/mol. The molecule has 1 fully saturated rings. The van der Waals surface area contributed by atoms with Gasteiger partial charge in [0.15, 0.2) is 0 Å². The molecule has 7 heteroatoms. The maximum atomic E-state index is 4.31. The Hall–Kier alpha value is -3.13. The fourth-order valence-corrected chi connectivity index (χ4v) is 4.24. The Bertz CT molecular complexity index is 968. The lowest BCUT2D eigenvalue weighted by Crippen LogP contribution is -2.39. The second kappa shape index (κ2) is 23.0. The summed E-state index contributed by atoms with van der Waals surface area (Å²) >= 11 is 1.85. The van der Waals surface area contributed by atoms with Crippen LogP contribution < -0.4 is 16.0 Å². The number of allylic oxidation sites excluding steroid dienone is 5. The highest BCUT2D eigenvalue weighted by Crippen LogP contribution is 2.25. The molecular formula is C31H46N6S. The molecule has 0 radical (unpaired) electrons. The van der Waals surface area contributed by atoms with E-state index in [2.05, 4.69) is 87.8 Å². The highest BCUT2D eigenvalue weighted by molar-refractivity contribution is 8.01. The minimum Gasteiger partial charge on any atom is -0.394 e. The van der Waals surface area contributed by atoms with Crippen molar-refractivity contribution < 1.29 is 0 Å². The number of aliphatic imine (C=N–C) groups is 2. The second-order valence-corrected chi connectivity index (χ2v) is 9.35. The van der Waals surface area contributed by atoms with E-state index in [1.165, 1.54) is 16.2 Å². The number of piperazine rings is 1. The van der Waals surface area contributed by atoms with Crippen molar-refractivity contribution in [3.8, 4) is 0 Å². The maximum Gasteiger partial charge on any atom is 0.107 e. The summed E-state index contributed by atoms with van der Waals surface area (Å²) in [5.41, 5.74) is 3.58. The van der Waals surface area contributed by atoms with Gasteiger partial charge in [0.1, 0.15) is 6.67 Å². The quantitative estimate of drug-likeness (QED) is 0.226. The van der Waals surface area contributed by atoms with Crippen LogP contribution in [0.3, 0.4) is 0 Å². The molecule has 1 aromatic carbocycles. The van der Waals surface area contributed by atoms with Crippen LogP contribution >= 0.6 is 11.9 Å². The van der Waals surface area contributed by atoms with Crippen LogP contribution in [0, 0.1) is 0 Å². The lowest BCUT2D eigenvalue weighted by molar-refractivity contribution is 0.398. The van der Waals surface area contributed by atoms with Gasteiger partial charge in [-0.05, 0) is 67.1 Å². The van der Waals surface area contributed by atoms with Gasteiger partial charge in [-0.3, -0.25) is 9.98 Å². The van der Waals surface area contributed by atoms with Gasteiger partial charge in [-0.25, -0.2) is 4.31 Å². The van der Waals surface area contributed by atoms with Crippen LogP contribution in [-0.4, -0.2) is 57.1 Å². The van der Waals surface area contributed by atoms with E-state index in [0.717, 1.165) is 51.0 Å². The van der Waals surface area contributed by atoms with E-state index in [9.17, 15) is 0 Å². The van der Waals surface area contributed by atoms with Crippen LogP contribution in [0.15, 0.2) is 94.2 Å². The molecule has 1 aliphatic heterocycles. The number of hydrogen-bond acceptors (Lipinski definition) is 7. The Morgan fingerprint density at radius 3 is 2.53 bits per heavy atom. The summed E-state index contributed by atoms with van der Waals surface area (Å²) in [5, 5.41) is 9.72. The summed E-state index contributed by atoms with van der Waals surface area (Å²) in [6.45, 7) is 16.2. The predicted octanol–water partition coefficient (Wildman–Crippen LogP) is 6.43. The molecule has 6 nitrogen and oxygen atoms in total. The van der Waals surface area contributed by atoms with E-state index in [0.29, 0.717) is 6.67 Å². The standard InChI is InChI=1S/C15H24N4S.C11H13N.C5H9N/c1-2-7-17-13-18-14-5-3-4-6-15(12-14)20-19-10-8-16-9-11-19;1-3-10-6-4-5-7-11(10)8-9-12-2;1-3-4-5-6-2/h3-4,6-7,12,16,18H,2,5,8-11,13H2,1H3;3-9,12H,1H2,2H3;4-5H,2-3H2,1H3/b17-7-;9-8-;5-4+. The molecule has 0 aromatic heterocycles. The van der Waals surface area contributed by atoms with Gasteiger partial charge >= 0.3 is 0 Å². The minimum absolute atomic E-state index is 0.666. The second-order valence-electron chi connectivity index (χ2n) is 8.18. The normalized spacial score (nSPS) is 15.6. The molecule has 0 spiro atoms. The molecular weight excluding hydrogens is 488 g/mol. The lowest BCUT2D eigenvalue weighted by atomic mass is 10.1. The van der Waals surface area contributed by atoms with Crippen LogP contribution in [0.25, 0.3) is 12.2 Å². The van der Waals surface area contributed by atoms with Crippen molar-refractivity contribution in [1.29, 1.82) is 0 Å². The molecule has 3 rings (SSSR count). The summed E-state index contributed by atoms with van der Waals surface area (Å²) in [7, 11) is 1.88. The highest BCUT2D eigenvalue weighted by atomic mass is 32.2. The van der Waals surface area contributed by atoms with Gasteiger partial charge in [0, 0.05) is 62.7 Å². The highest BCUT2D eigenvalue weighted by Gasteiger charge is 2.12. The monoisotopic (exact) mass is 534 g/mol. The van der Waals surface area contributed by atoms with Crippen LogP contribution in [0.5, 0.6) is 0 Å². The number of benzene rings is 1. The molecule has 1 heterocycles. The van der Waals surface area contributed by atoms with Gasteiger partial charge in [-0.1, -0.05) is 69.0 Å². The Labute approximate surface area is 235 Å². The first-order chi connectivity index (χ1) is 18.7. The lowest BCUT2D eigenvalue weighted by Gasteiger charge is -2.26. The Morgan fingerprint density at radius 1 is 1.13 bits per heavy atom. The first-order valence-corrected chi connectivity index (χ1v) is 14.0. The predicted molar refractivity (Wildman–Crippen MR) is 172 cm³/mol. The fraction of sp³-hybridized carbons (Fsp3) is 0.355. The molecule has 0 amide bonds. The van der Waals surface area contributed by atoms with Crippen molar-refractivity contribution in [2.24, 2.45) is 9.98 Å². The molecule has 206 valence electrons. The van der Waals surface area contributed by atoms with E-state index in [1.807, 2.05) is 67.8 Å². The van der Waals surface area contributed by atoms with Crippen LogP contribution in [0.2, 0.25) is 0 Å². The summed E-state index contributed by atoms with van der Waals surface area (Å²) in [6.07, 6.45) is 23.1. The third-order valence-electron chi connectivity index (χ3n) is 5.16. The van der Waals surface area contributed by atoms with E-state index < -0.39 is 0 Å². The molecule has 1 aliphatic carbocycles. The molecule has 1 aromatic rings. The zero-order chi connectivity index (χ0) is 27.7. The van der Waals surface area contributed by atoms with Crippen molar-refractivity contribution >= 4 is 37.0 Å². The van der Waals surface area contributed by atoms with E-state index in [-0.39, 0.29) is 0 Å². The molecule has 0 unspecified atom stereocenters. The summed E-state index contributed by atoms with van der Waals surface area (Å²) in [6, 6.07) is 8.13. The topological polar surface area (TPSA) is 64.0 Å². The smallest absolute Gasteiger partial charge is 0.107 e. The number of rotatable bonds is 11. The van der Waals surface area contributed by atoms with Crippen LogP contribution in [0.4, 0.5) is 0 Å². The Kier molecular flexibility index (Phi) is 19.9. The fourth-order valence-electron chi connectivity index (χ4n) is 3.24. The molecule has 3 N–H and O–H groups in total. The van der Waals surface area contributed by atoms with E-state index in [1.54, 1.807) is 6.20 Å². The average Bonchev–Trinajstić information content (AvgIpc) is 3.19. The Morgan fingerprint density at radius 2 is 1.89 bits per heavy atom. The van der Waals surface area contributed by atoms with E-state index >= 15 is 0 Å². The number of nitrogens with one attached hydrogen (secondary N) is 3. The zero-order valence-electron chi connectivity index (χ0n) is 23.4. The van der Waals surface area contributed by atoms with Crippen molar-refractivity contribution in [2.45, 2.75) is 33.1 Å². The largest absolute Gasteiger partial charge is 0.394 e. The Balaban J connectivity index is 0.000000339. The summed E-state index contributed by atoms with van der Waals surface area (Å²) < 4.78 is 2.42. The first-order valence-electron chi connectivity index (χ1n) is 13.3. The van der Waals surface area contributed by atoms with Gasteiger partial charge in [0.25, 0.3) is 0 Å². The van der Waals surface area contributed by atoms with Crippen molar-refractivity contribution in [3.63, 3.8) is 0 Å². The van der Waals surface area contributed by atoms with Gasteiger partial charge < -0.3 is 16.0 Å².